The highest BCUT2D eigenvalue weighted by molar-refractivity contribution is 6.02. The van der Waals surface area contributed by atoms with E-state index >= 15 is 0 Å². The molecule has 0 atom stereocenters. The Kier molecular flexibility index (Phi) is 3.72. The van der Waals surface area contributed by atoms with Crippen molar-refractivity contribution < 1.29 is 17.7 Å². The van der Waals surface area contributed by atoms with E-state index in [0.29, 0.717) is 22.3 Å². The number of para-hydroxylation sites is 1. The molecule has 2 aromatic heterocycles. The van der Waals surface area contributed by atoms with Gasteiger partial charge in [0.25, 0.3) is 5.89 Å². The number of alkyl halides is 3. The monoisotopic (exact) mass is 355 g/mol. The molecule has 0 N–H and O–H groups in total. The van der Waals surface area contributed by atoms with E-state index in [0.717, 1.165) is 11.6 Å². The Hall–Kier alpha value is -3.22. The van der Waals surface area contributed by atoms with Gasteiger partial charge in [0.05, 0.1) is 16.6 Å². The molecule has 0 spiro atoms. The van der Waals surface area contributed by atoms with Crippen molar-refractivity contribution in [2.24, 2.45) is 0 Å². The Morgan fingerprint density at radius 3 is 2.38 bits per heavy atom. The van der Waals surface area contributed by atoms with Crippen LogP contribution in [0.3, 0.4) is 0 Å². The molecule has 0 radical (unpaired) electrons. The number of hydrogen-bond donors (Lipinski definition) is 0. The number of benzene rings is 2. The third-order valence-electron chi connectivity index (χ3n) is 4.02. The molecule has 0 aliphatic rings. The first kappa shape index (κ1) is 16.3. The van der Waals surface area contributed by atoms with E-state index in [1.165, 1.54) is 12.3 Å². The van der Waals surface area contributed by atoms with Crippen LogP contribution in [0.1, 0.15) is 11.4 Å². The van der Waals surface area contributed by atoms with Crippen LogP contribution in [0.15, 0.2) is 59.3 Å². The van der Waals surface area contributed by atoms with Gasteiger partial charge in [0.1, 0.15) is 0 Å². The van der Waals surface area contributed by atoms with Crippen LogP contribution in [0.2, 0.25) is 0 Å². The number of rotatable bonds is 2. The van der Waals surface area contributed by atoms with Crippen molar-refractivity contribution in [2.75, 3.05) is 0 Å². The molecule has 4 rings (SSSR count). The number of hydrogen-bond acceptors (Lipinski definition) is 4. The molecule has 0 aliphatic carbocycles. The van der Waals surface area contributed by atoms with Gasteiger partial charge < -0.3 is 4.52 Å². The summed E-state index contributed by atoms with van der Waals surface area (Å²) in [5.41, 5.74) is 0.915. The number of fused-ring (bicyclic) bond motifs is 1. The number of nitrogens with zero attached hydrogens (tertiary/aromatic N) is 3. The zero-order valence-electron chi connectivity index (χ0n) is 13.6. The summed E-state index contributed by atoms with van der Waals surface area (Å²) in [7, 11) is 0. The van der Waals surface area contributed by atoms with Crippen molar-refractivity contribution in [1.29, 1.82) is 0 Å². The van der Waals surface area contributed by atoms with Gasteiger partial charge in [-0.15, -0.1) is 0 Å². The number of aromatic nitrogens is 3. The topological polar surface area (TPSA) is 51.8 Å². The van der Waals surface area contributed by atoms with Gasteiger partial charge in [-0.3, -0.25) is 4.98 Å². The molecule has 130 valence electrons. The van der Waals surface area contributed by atoms with Gasteiger partial charge >= 0.3 is 6.18 Å². The quantitative estimate of drug-likeness (QED) is 0.491. The van der Waals surface area contributed by atoms with E-state index in [1.54, 1.807) is 13.0 Å². The minimum atomic E-state index is -4.50. The van der Waals surface area contributed by atoms with Gasteiger partial charge in [-0.2, -0.15) is 18.2 Å². The van der Waals surface area contributed by atoms with Crippen LogP contribution in [0, 0.1) is 6.92 Å². The Morgan fingerprint density at radius 2 is 1.73 bits per heavy atom. The van der Waals surface area contributed by atoms with E-state index < -0.39 is 11.7 Å². The first-order chi connectivity index (χ1) is 12.4. The van der Waals surface area contributed by atoms with E-state index in [4.69, 9.17) is 4.52 Å². The highest BCUT2D eigenvalue weighted by atomic mass is 19.4. The SMILES string of the molecule is Cc1noc(-c2cnc3c(C(F)(F)F)cccc3c2-c2ccccc2)n1. The normalized spacial score (nSPS) is 11.8. The van der Waals surface area contributed by atoms with Gasteiger partial charge in [-0.05, 0) is 18.6 Å². The van der Waals surface area contributed by atoms with Gasteiger partial charge in [0.15, 0.2) is 5.82 Å². The molecule has 4 nitrogen and oxygen atoms in total. The number of aryl methyl sites for hydroxylation is 1. The lowest BCUT2D eigenvalue weighted by molar-refractivity contribution is -0.136. The maximum Gasteiger partial charge on any atom is 0.418 e. The maximum atomic E-state index is 13.4. The van der Waals surface area contributed by atoms with E-state index in [1.807, 2.05) is 30.3 Å². The average molecular weight is 355 g/mol. The summed E-state index contributed by atoms with van der Waals surface area (Å²) in [6.45, 7) is 1.67. The standard InChI is InChI=1S/C19H12F3N3O/c1-11-24-18(26-25-11)14-10-23-17-13(8-5-9-15(17)19(20,21)22)16(14)12-6-3-2-4-7-12/h2-10H,1H3. The second-order valence-electron chi connectivity index (χ2n) is 5.76. The zero-order chi connectivity index (χ0) is 18.3. The van der Waals surface area contributed by atoms with Crippen LogP contribution in [0.5, 0.6) is 0 Å². The summed E-state index contributed by atoms with van der Waals surface area (Å²) in [6.07, 6.45) is -3.14. The molecule has 0 aliphatic heterocycles. The average Bonchev–Trinajstić information content (AvgIpc) is 3.06. The Balaban J connectivity index is 2.11. The van der Waals surface area contributed by atoms with Crippen molar-refractivity contribution in [3.05, 3.63) is 66.1 Å². The van der Waals surface area contributed by atoms with Crippen molar-refractivity contribution in [3.8, 4) is 22.6 Å². The van der Waals surface area contributed by atoms with Crippen LogP contribution in [-0.2, 0) is 6.18 Å². The Morgan fingerprint density at radius 1 is 0.962 bits per heavy atom. The second-order valence-corrected chi connectivity index (χ2v) is 5.76. The van der Waals surface area contributed by atoms with Crippen LogP contribution in [0.25, 0.3) is 33.5 Å². The van der Waals surface area contributed by atoms with Gasteiger partial charge in [-0.1, -0.05) is 47.6 Å². The first-order valence-electron chi connectivity index (χ1n) is 7.80. The molecule has 0 saturated heterocycles. The number of halogens is 3. The fourth-order valence-electron chi connectivity index (χ4n) is 2.94. The summed E-state index contributed by atoms with van der Waals surface area (Å²) in [5.74, 6) is 0.649. The summed E-state index contributed by atoms with van der Waals surface area (Å²) < 4.78 is 45.4. The second kappa shape index (κ2) is 5.94. The minimum absolute atomic E-state index is 0.112. The van der Waals surface area contributed by atoms with Gasteiger partial charge in [-0.25, -0.2) is 0 Å². The molecule has 7 heteroatoms. The van der Waals surface area contributed by atoms with Crippen molar-refractivity contribution in [2.45, 2.75) is 13.1 Å². The van der Waals surface area contributed by atoms with Crippen LogP contribution in [0.4, 0.5) is 13.2 Å². The lowest BCUT2D eigenvalue weighted by Crippen LogP contribution is -2.07. The Labute approximate surface area is 146 Å². The molecule has 4 aromatic rings. The van der Waals surface area contributed by atoms with Crippen molar-refractivity contribution >= 4 is 10.9 Å². The minimum Gasteiger partial charge on any atom is -0.334 e. The molecule has 2 aromatic carbocycles. The van der Waals surface area contributed by atoms with Crippen LogP contribution >= 0.6 is 0 Å². The molecule has 0 amide bonds. The fourth-order valence-corrected chi connectivity index (χ4v) is 2.94. The maximum absolute atomic E-state index is 13.4. The van der Waals surface area contributed by atoms with Gasteiger partial charge in [0.2, 0.25) is 0 Å². The van der Waals surface area contributed by atoms with Crippen LogP contribution in [-0.4, -0.2) is 15.1 Å². The highest BCUT2D eigenvalue weighted by Gasteiger charge is 2.34. The first-order valence-corrected chi connectivity index (χ1v) is 7.80. The van der Waals surface area contributed by atoms with E-state index in [2.05, 4.69) is 15.1 Å². The Bertz CT molecular complexity index is 1090. The summed E-state index contributed by atoms with van der Waals surface area (Å²) >= 11 is 0. The smallest absolute Gasteiger partial charge is 0.334 e. The van der Waals surface area contributed by atoms with E-state index in [9.17, 15) is 13.2 Å². The largest absolute Gasteiger partial charge is 0.418 e. The lowest BCUT2D eigenvalue weighted by Gasteiger charge is -2.14. The molecule has 0 unspecified atom stereocenters. The molecule has 26 heavy (non-hydrogen) atoms. The molecule has 0 saturated carbocycles. The summed E-state index contributed by atoms with van der Waals surface area (Å²) in [4.78, 5) is 8.28. The molecule has 2 heterocycles. The zero-order valence-corrected chi connectivity index (χ0v) is 13.6. The summed E-state index contributed by atoms with van der Waals surface area (Å²) in [5, 5.41) is 4.15. The lowest BCUT2D eigenvalue weighted by atomic mass is 9.95. The third-order valence-corrected chi connectivity index (χ3v) is 4.02. The predicted octanol–water partition coefficient (Wildman–Crippen LogP) is 5.28. The molecular weight excluding hydrogens is 343 g/mol. The van der Waals surface area contributed by atoms with Crippen molar-refractivity contribution in [1.82, 2.24) is 15.1 Å². The van der Waals surface area contributed by atoms with Crippen molar-refractivity contribution in [3.63, 3.8) is 0 Å². The molecular formula is C19H12F3N3O. The number of pyridine rings is 1. The van der Waals surface area contributed by atoms with E-state index in [-0.39, 0.29) is 11.4 Å². The van der Waals surface area contributed by atoms with Gasteiger partial charge in [0, 0.05) is 17.1 Å². The highest BCUT2D eigenvalue weighted by Crippen LogP contribution is 2.40. The third kappa shape index (κ3) is 2.71. The fraction of sp³-hybridized carbons (Fsp3) is 0.105. The molecule has 0 bridgehead atoms. The summed E-state index contributed by atoms with van der Waals surface area (Å²) in [6, 6.07) is 13.1. The predicted molar refractivity (Wildman–Crippen MR) is 90.2 cm³/mol. The molecule has 0 fully saturated rings. The van der Waals surface area contributed by atoms with Crippen LogP contribution < -0.4 is 0 Å².